The Morgan fingerprint density at radius 1 is 1.69 bits per heavy atom. The van der Waals surface area contributed by atoms with Crippen LogP contribution in [0.25, 0.3) is 0 Å². The molecule has 16 heavy (non-hydrogen) atoms. The standard InChI is InChI=1S/C10H13N3O2S/c1-2-15-9-5-7(3-4-8(9)14)6-12-13-10(11)16/h3-6,14H,2H2,1H3,(H3,11,13,16)/b12-6+. The van der Waals surface area contributed by atoms with E-state index in [4.69, 9.17) is 10.5 Å². The lowest BCUT2D eigenvalue weighted by Gasteiger charge is -2.05. The predicted octanol–water partition coefficient (Wildman–Crippen LogP) is 0.958. The van der Waals surface area contributed by atoms with E-state index in [1.807, 2.05) is 6.92 Å². The quantitative estimate of drug-likeness (QED) is 0.414. The fourth-order valence-corrected chi connectivity index (χ4v) is 1.11. The van der Waals surface area contributed by atoms with E-state index < -0.39 is 0 Å². The average Bonchev–Trinajstić information content (AvgIpc) is 2.22. The molecule has 0 bridgehead atoms. The fraction of sp³-hybridized carbons (Fsp3) is 0.200. The highest BCUT2D eigenvalue weighted by Crippen LogP contribution is 2.25. The van der Waals surface area contributed by atoms with E-state index in [2.05, 4.69) is 22.7 Å². The molecule has 4 N–H and O–H groups in total. The van der Waals surface area contributed by atoms with E-state index in [0.717, 1.165) is 5.56 Å². The lowest BCUT2D eigenvalue weighted by atomic mass is 10.2. The molecule has 0 heterocycles. The lowest BCUT2D eigenvalue weighted by molar-refractivity contribution is 0.318. The van der Waals surface area contributed by atoms with Crippen LogP contribution in [0.3, 0.4) is 0 Å². The van der Waals surface area contributed by atoms with E-state index in [1.54, 1.807) is 12.1 Å². The van der Waals surface area contributed by atoms with Gasteiger partial charge >= 0.3 is 0 Å². The van der Waals surface area contributed by atoms with Crippen molar-refractivity contribution in [2.45, 2.75) is 6.92 Å². The highest BCUT2D eigenvalue weighted by Gasteiger charge is 2.01. The summed E-state index contributed by atoms with van der Waals surface area (Å²) in [5.41, 5.74) is 8.40. The normalized spacial score (nSPS) is 10.3. The number of hydrogen-bond acceptors (Lipinski definition) is 4. The second-order valence-electron chi connectivity index (χ2n) is 2.89. The molecular formula is C10H13N3O2S. The summed E-state index contributed by atoms with van der Waals surface area (Å²) in [5, 5.41) is 13.3. The molecule has 1 aromatic rings. The van der Waals surface area contributed by atoms with Gasteiger partial charge in [0, 0.05) is 0 Å². The number of thiocarbonyl (C=S) groups is 1. The number of rotatable bonds is 4. The molecule has 0 saturated carbocycles. The number of benzene rings is 1. The second kappa shape index (κ2) is 5.92. The molecule has 0 fully saturated rings. The Morgan fingerprint density at radius 3 is 3.06 bits per heavy atom. The van der Waals surface area contributed by atoms with Gasteiger partial charge in [0.15, 0.2) is 16.6 Å². The number of aromatic hydroxyl groups is 1. The maximum atomic E-state index is 9.45. The molecule has 0 aliphatic carbocycles. The van der Waals surface area contributed by atoms with E-state index in [9.17, 15) is 5.11 Å². The number of nitrogens with zero attached hydrogens (tertiary/aromatic N) is 1. The maximum absolute atomic E-state index is 9.45. The first-order chi connectivity index (χ1) is 7.63. The van der Waals surface area contributed by atoms with Gasteiger partial charge in [-0.25, -0.2) is 0 Å². The van der Waals surface area contributed by atoms with Gasteiger partial charge in [0.1, 0.15) is 0 Å². The molecule has 0 unspecified atom stereocenters. The van der Waals surface area contributed by atoms with Crippen LogP contribution in [-0.4, -0.2) is 23.0 Å². The van der Waals surface area contributed by atoms with Gasteiger partial charge in [-0.2, -0.15) is 5.10 Å². The van der Waals surface area contributed by atoms with Crippen LogP contribution in [0.2, 0.25) is 0 Å². The highest BCUT2D eigenvalue weighted by atomic mass is 32.1. The minimum atomic E-state index is 0.0973. The summed E-state index contributed by atoms with van der Waals surface area (Å²) in [7, 11) is 0. The van der Waals surface area contributed by atoms with E-state index in [1.165, 1.54) is 12.3 Å². The van der Waals surface area contributed by atoms with Gasteiger partial charge in [0.2, 0.25) is 0 Å². The minimum absolute atomic E-state index is 0.0973. The van der Waals surface area contributed by atoms with Gasteiger partial charge in [0.25, 0.3) is 0 Å². The largest absolute Gasteiger partial charge is 0.504 e. The van der Waals surface area contributed by atoms with Crippen molar-refractivity contribution in [1.82, 2.24) is 5.43 Å². The van der Waals surface area contributed by atoms with Crippen molar-refractivity contribution in [2.24, 2.45) is 10.8 Å². The summed E-state index contributed by atoms with van der Waals surface area (Å²) in [5.74, 6) is 0.517. The molecule has 0 spiro atoms. The predicted molar refractivity (Wildman–Crippen MR) is 66.8 cm³/mol. The number of phenolic OH excluding ortho intramolecular Hbond substituents is 1. The van der Waals surface area contributed by atoms with Crippen molar-refractivity contribution >= 4 is 23.5 Å². The number of hydrazone groups is 1. The molecule has 86 valence electrons. The highest BCUT2D eigenvalue weighted by molar-refractivity contribution is 7.80. The van der Waals surface area contributed by atoms with Gasteiger partial charge in [-0.15, -0.1) is 0 Å². The van der Waals surface area contributed by atoms with Crippen LogP contribution in [0.15, 0.2) is 23.3 Å². The monoisotopic (exact) mass is 239 g/mol. The number of nitrogens with one attached hydrogen (secondary N) is 1. The summed E-state index contributed by atoms with van der Waals surface area (Å²) < 4.78 is 5.22. The molecule has 0 saturated heterocycles. The van der Waals surface area contributed by atoms with Gasteiger partial charge in [-0.1, -0.05) is 0 Å². The lowest BCUT2D eigenvalue weighted by Crippen LogP contribution is -2.23. The first-order valence-electron chi connectivity index (χ1n) is 4.67. The third-order valence-electron chi connectivity index (χ3n) is 1.67. The fourth-order valence-electron chi connectivity index (χ4n) is 1.05. The van der Waals surface area contributed by atoms with Crippen molar-refractivity contribution in [3.8, 4) is 11.5 Å². The molecule has 6 heteroatoms. The van der Waals surface area contributed by atoms with Gasteiger partial charge in [-0.3, -0.25) is 5.43 Å². The average molecular weight is 239 g/mol. The summed E-state index contributed by atoms with van der Waals surface area (Å²) in [6.07, 6.45) is 1.53. The molecule has 5 nitrogen and oxygen atoms in total. The Balaban J connectivity index is 2.77. The van der Waals surface area contributed by atoms with Crippen LogP contribution >= 0.6 is 12.2 Å². The summed E-state index contributed by atoms with van der Waals surface area (Å²) >= 11 is 4.59. The Hall–Kier alpha value is -1.82. The molecule has 1 aromatic carbocycles. The van der Waals surface area contributed by atoms with Crippen LogP contribution < -0.4 is 15.9 Å². The second-order valence-corrected chi connectivity index (χ2v) is 3.33. The zero-order valence-electron chi connectivity index (χ0n) is 8.80. The smallest absolute Gasteiger partial charge is 0.184 e. The Bertz CT molecular complexity index is 407. The molecule has 0 radical (unpaired) electrons. The zero-order valence-corrected chi connectivity index (χ0v) is 9.62. The molecular weight excluding hydrogens is 226 g/mol. The van der Waals surface area contributed by atoms with E-state index >= 15 is 0 Å². The van der Waals surface area contributed by atoms with Crippen LogP contribution in [0.4, 0.5) is 0 Å². The van der Waals surface area contributed by atoms with Gasteiger partial charge in [0.05, 0.1) is 12.8 Å². The zero-order chi connectivity index (χ0) is 12.0. The van der Waals surface area contributed by atoms with Crippen LogP contribution in [0, 0.1) is 0 Å². The Labute approximate surface area is 98.9 Å². The molecule has 0 aliphatic rings. The molecule has 0 atom stereocenters. The van der Waals surface area contributed by atoms with E-state index in [0.29, 0.717) is 12.4 Å². The van der Waals surface area contributed by atoms with Crippen molar-refractivity contribution in [3.05, 3.63) is 23.8 Å². The molecule has 0 aliphatic heterocycles. The number of phenols is 1. The topological polar surface area (TPSA) is 79.9 Å². The Morgan fingerprint density at radius 2 is 2.44 bits per heavy atom. The Kier molecular flexibility index (Phi) is 4.53. The van der Waals surface area contributed by atoms with Gasteiger partial charge < -0.3 is 15.6 Å². The summed E-state index contributed by atoms with van der Waals surface area (Å²) in [6, 6.07) is 4.90. The van der Waals surface area contributed by atoms with Crippen LogP contribution in [-0.2, 0) is 0 Å². The summed E-state index contributed by atoms with van der Waals surface area (Å²) in [6.45, 7) is 2.33. The van der Waals surface area contributed by atoms with Gasteiger partial charge in [-0.05, 0) is 42.9 Å². The number of ether oxygens (including phenoxy) is 1. The molecule has 0 amide bonds. The SMILES string of the molecule is CCOc1cc(/C=N/NC(N)=S)ccc1O. The van der Waals surface area contributed by atoms with Crippen molar-refractivity contribution in [1.29, 1.82) is 0 Å². The number of hydrogen-bond donors (Lipinski definition) is 3. The third-order valence-corrected chi connectivity index (χ3v) is 1.76. The van der Waals surface area contributed by atoms with Crippen LogP contribution in [0.1, 0.15) is 12.5 Å². The minimum Gasteiger partial charge on any atom is -0.504 e. The third kappa shape index (κ3) is 3.74. The van der Waals surface area contributed by atoms with Crippen molar-refractivity contribution in [2.75, 3.05) is 6.61 Å². The maximum Gasteiger partial charge on any atom is 0.184 e. The van der Waals surface area contributed by atoms with Crippen molar-refractivity contribution < 1.29 is 9.84 Å². The number of nitrogens with two attached hydrogens (primary N) is 1. The summed E-state index contributed by atoms with van der Waals surface area (Å²) in [4.78, 5) is 0. The molecule has 1 rings (SSSR count). The first kappa shape index (κ1) is 12.3. The van der Waals surface area contributed by atoms with E-state index in [-0.39, 0.29) is 10.9 Å². The van der Waals surface area contributed by atoms with Crippen molar-refractivity contribution in [3.63, 3.8) is 0 Å². The molecule has 0 aromatic heterocycles. The van der Waals surface area contributed by atoms with Crippen LogP contribution in [0.5, 0.6) is 11.5 Å². The first-order valence-corrected chi connectivity index (χ1v) is 5.08.